The quantitative estimate of drug-likeness (QED) is 0.751. The predicted molar refractivity (Wildman–Crippen MR) is 69.8 cm³/mol. The van der Waals surface area contributed by atoms with E-state index in [-0.39, 0.29) is 11.3 Å². The lowest BCUT2D eigenvalue weighted by molar-refractivity contribution is -0.116. The molecule has 1 N–H and O–H groups in total. The number of hydrogen-bond donors (Lipinski definition) is 1. The molecule has 2 rings (SSSR count). The Morgan fingerprint density at radius 3 is 2.24 bits per heavy atom. The second-order valence-corrected chi connectivity index (χ2v) is 5.43. The van der Waals surface area contributed by atoms with E-state index in [1.807, 2.05) is 17.1 Å². The molecule has 0 atom stereocenters. The molecule has 1 saturated heterocycles. The maximum atomic E-state index is 11.3. The molecule has 1 aromatic carbocycles. The van der Waals surface area contributed by atoms with Crippen molar-refractivity contribution in [1.82, 2.24) is 5.43 Å². The largest absolute Gasteiger partial charge is 0.281 e. The fraction of sp³-hybridized carbons (Fsp3) is 0.357. The van der Waals surface area contributed by atoms with E-state index < -0.39 is 0 Å². The Balaban J connectivity index is 2.19. The third kappa shape index (κ3) is 2.33. The highest BCUT2D eigenvalue weighted by Gasteiger charge is 2.23. The minimum absolute atomic E-state index is 0.0927. The van der Waals surface area contributed by atoms with Gasteiger partial charge in [0.1, 0.15) is 0 Å². The highest BCUT2D eigenvalue weighted by atomic mass is 16.2. The van der Waals surface area contributed by atoms with Crippen molar-refractivity contribution in [2.45, 2.75) is 26.2 Å². The molecular weight excluding hydrogens is 212 g/mol. The van der Waals surface area contributed by atoms with Crippen LogP contribution in [0.2, 0.25) is 0 Å². The summed E-state index contributed by atoms with van der Waals surface area (Å²) >= 11 is 0. The van der Waals surface area contributed by atoms with Crippen molar-refractivity contribution in [3.05, 3.63) is 42.0 Å². The summed E-state index contributed by atoms with van der Waals surface area (Å²) < 4.78 is 0. The summed E-state index contributed by atoms with van der Waals surface area (Å²) in [6.45, 7) is 10.8. The summed E-state index contributed by atoms with van der Waals surface area (Å²) in [5, 5.41) is 1.82. The van der Waals surface area contributed by atoms with Crippen LogP contribution in [0, 0.1) is 0 Å². The number of benzene rings is 1. The first-order valence-corrected chi connectivity index (χ1v) is 5.75. The summed E-state index contributed by atoms with van der Waals surface area (Å²) in [5.74, 6) is -0.0927. The van der Waals surface area contributed by atoms with Crippen LogP contribution in [0.25, 0.3) is 0 Å². The maximum absolute atomic E-state index is 11.3. The third-order valence-corrected chi connectivity index (χ3v) is 2.95. The first-order chi connectivity index (χ1) is 7.88. The van der Waals surface area contributed by atoms with Crippen molar-refractivity contribution in [1.29, 1.82) is 0 Å². The van der Waals surface area contributed by atoms with Gasteiger partial charge < -0.3 is 0 Å². The Kier molecular flexibility index (Phi) is 2.69. The highest BCUT2D eigenvalue weighted by Crippen LogP contribution is 2.25. The average molecular weight is 230 g/mol. The fourth-order valence-electron chi connectivity index (χ4n) is 1.80. The minimum Gasteiger partial charge on any atom is -0.281 e. The molecule has 3 heteroatoms. The molecule has 0 aliphatic carbocycles. The molecule has 0 saturated carbocycles. The Bertz CT molecular complexity index is 438. The summed E-state index contributed by atoms with van der Waals surface area (Å²) in [6.07, 6.45) is 0. The van der Waals surface area contributed by atoms with Crippen LogP contribution in [0.3, 0.4) is 0 Å². The van der Waals surface area contributed by atoms with Gasteiger partial charge in [-0.05, 0) is 23.1 Å². The number of anilines is 1. The molecular formula is C14H18N2O. The van der Waals surface area contributed by atoms with E-state index in [4.69, 9.17) is 0 Å². The Hall–Kier alpha value is -1.77. The molecule has 1 aromatic rings. The van der Waals surface area contributed by atoms with Crippen molar-refractivity contribution in [3.63, 3.8) is 0 Å². The van der Waals surface area contributed by atoms with Crippen molar-refractivity contribution in [3.8, 4) is 0 Å². The van der Waals surface area contributed by atoms with Gasteiger partial charge in [0.15, 0.2) is 0 Å². The standard InChI is InChI=1S/C14H18N2O/c1-10-9-16(15-13(10)17)12-7-5-11(6-8-12)14(2,3)4/h5-8H,1,9H2,2-4H3,(H,15,17). The summed E-state index contributed by atoms with van der Waals surface area (Å²) in [6, 6.07) is 8.25. The molecule has 1 aliphatic heterocycles. The van der Waals surface area contributed by atoms with Crippen LogP contribution >= 0.6 is 0 Å². The van der Waals surface area contributed by atoms with Gasteiger partial charge >= 0.3 is 0 Å². The Morgan fingerprint density at radius 1 is 1.24 bits per heavy atom. The van der Waals surface area contributed by atoms with Crippen LogP contribution in [0.1, 0.15) is 26.3 Å². The van der Waals surface area contributed by atoms with Gasteiger partial charge in [-0.15, -0.1) is 0 Å². The van der Waals surface area contributed by atoms with Gasteiger partial charge in [-0.2, -0.15) is 0 Å². The van der Waals surface area contributed by atoms with Crippen molar-refractivity contribution < 1.29 is 4.79 Å². The van der Waals surface area contributed by atoms with E-state index in [0.29, 0.717) is 12.1 Å². The van der Waals surface area contributed by atoms with Crippen molar-refractivity contribution in [2.24, 2.45) is 0 Å². The smallest absolute Gasteiger partial charge is 0.267 e. The SMILES string of the molecule is C=C1CN(c2ccc(C(C)(C)C)cc2)NC1=O. The first-order valence-electron chi connectivity index (χ1n) is 5.75. The lowest BCUT2D eigenvalue weighted by Crippen LogP contribution is -2.32. The predicted octanol–water partition coefficient (Wildman–Crippen LogP) is 2.39. The van der Waals surface area contributed by atoms with Crippen LogP contribution in [-0.4, -0.2) is 12.5 Å². The van der Waals surface area contributed by atoms with Crippen molar-refractivity contribution >= 4 is 11.6 Å². The molecule has 1 aliphatic rings. The van der Waals surface area contributed by atoms with Gasteiger partial charge in [-0.1, -0.05) is 39.5 Å². The second-order valence-electron chi connectivity index (χ2n) is 5.43. The fourth-order valence-corrected chi connectivity index (χ4v) is 1.80. The van der Waals surface area contributed by atoms with E-state index in [0.717, 1.165) is 5.69 Å². The second kappa shape index (κ2) is 3.91. The van der Waals surface area contributed by atoms with E-state index in [1.54, 1.807) is 0 Å². The van der Waals surface area contributed by atoms with Gasteiger partial charge in [-0.3, -0.25) is 15.2 Å². The van der Waals surface area contributed by atoms with E-state index in [1.165, 1.54) is 5.56 Å². The summed E-state index contributed by atoms with van der Waals surface area (Å²) in [7, 11) is 0. The van der Waals surface area contributed by atoms with Gasteiger partial charge in [0, 0.05) is 5.57 Å². The maximum Gasteiger partial charge on any atom is 0.267 e. The average Bonchev–Trinajstić information content (AvgIpc) is 2.58. The number of hydrazine groups is 1. The number of amides is 1. The molecule has 90 valence electrons. The number of nitrogens with zero attached hydrogens (tertiary/aromatic N) is 1. The Morgan fingerprint density at radius 2 is 1.82 bits per heavy atom. The molecule has 0 aromatic heterocycles. The molecule has 0 unspecified atom stereocenters. The lowest BCUT2D eigenvalue weighted by atomic mass is 9.87. The molecule has 0 radical (unpaired) electrons. The number of nitrogens with one attached hydrogen (secondary N) is 1. The van der Waals surface area contributed by atoms with E-state index in [9.17, 15) is 4.79 Å². The zero-order valence-electron chi connectivity index (χ0n) is 10.6. The topological polar surface area (TPSA) is 32.3 Å². The van der Waals surface area contributed by atoms with Gasteiger partial charge in [0.25, 0.3) is 5.91 Å². The molecule has 0 spiro atoms. The van der Waals surface area contributed by atoms with Gasteiger partial charge in [-0.25, -0.2) is 0 Å². The van der Waals surface area contributed by atoms with Crippen molar-refractivity contribution in [2.75, 3.05) is 11.6 Å². The lowest BCUT2D eigenvalue weighted by Gasteiger charge is -2.21. The van der Waals surface area contributed by atoms with E-state index in [2.05, 4.69) is 44.9 Å². The molecule has 1 heterocycles. The van der Waals surface area contributed by atoms with Crippen LogP contribution in [0.4, 0.5) is 5.69 Å². The van der Waals surface area contributed by atoms with Gasteiger partial charge in [0.2, 0.25) is 0 Å². The third-order valence-electron chi connectivity index (χ3n) is 2.95. The monoisotopic (exact) mass is 230 g/mol. The molecule has 1 amide bonds. The highest BCUT2D eigenvalue weighted by molar-refractivity contribution is 5.97. The normalized spacial score (nSPS) is 16.3. The zero-order valence-corrected chi connectivity index (χ0v) is 10.6. The van der Waals surface area contributed by atoms with Gasteiger partial charge in [0.05, 0.1) is 12.2 Å². The number of carbonyl (C=O) groups excluding carboxylic acids is 1. The van der Waals surface area contributed by atoms with Crippen LogP contribution in [0.15, 0.2) is 36.4 Å². The first kappa shape index (κ1) is 11.7. The van der Waals surface area contributed by atoms with E-state index >= 15 is 0 Å². The summed E-state index contributed by atoms with van der Waals surface area (Å²) in [5.41, 5.74) is 5.80. The molecule has 0 bridgehead atoms. The zero-order chi connectivity index (χ0) is 12.6. The van der Waals surface area contributed by atoms with Crippen LogP contribution in [0.5, 0.6) is 0 Å². The summed E-state index contributed by atoms with van der Waals surface area (Å²) in [4.78, 5) is 11.3. The molecule has 1 fully saturated rings. The van der Waals surface area contributed by atoms with Crippen LogP contribution < -0.4 is 10.4 Å². The Labute approximate surface area is 102 Å². The number of rotatable bonds is 1. The van der Waals surface area contributed by atoms with Crippen LogP contribution in [-0.2, 0) is 10.2 Å². The molecule has 17 heavy (non-hydrogen) atoms. The number of carbonyl (C=O) groups is 1. The minimum atomic E-state index is -0.0927. The molecule has 3 nitrogen and oxygen atoms in total. The number of hydrogen-bond acceptors (Lipinski definition) is 2.